The summed E-state index contributed by atoms with van der Waals surface area (Å²) >= 11 is 0. The van der Waals surface area contributed by atoms with Crippen molar-refractivity contribution in [2.45, 2.75) is 39.0 Å². The fraction of sp³-hybridized carbons (Fsp3) is 0.375. The lowest BCUT2D eigenvalue weighted by Gasteiger charge is -2.16. The highest BCUT2D eigenvalue weighted by atomic mass is 19.3. The van der Waals surface area contributed by atoms with Gasteiger partial charge in [-0.2, -0.15) is 15.0 Å². The largest absolute Gasteiger partial charge is 0.494 e. The summed E-state index contributed by atoms with van der Waals surface area (Å²) in [4.78, 5) is 22.6. The summed E-state index contributed by atoms with van der Waals surface area (Å²) in [6.07, 6.45) is -0.731. The number of rotatable bonds is 8. The second kappa shape index (κ2) is 8.58. The zero-order valence-corrected chi connectivity index (χ0v) is 19.1. The van der Waals surface area contributed by atoms with E-state index in [-0.39, 0.29) is 30.3 Å². The standard InChI is InChI=1S/C24H24F2N6O2/c1-12-21(31-32(2)30-12)15-5-4-6-16(23(15)34-3)28-17-9-14(10-20(33)13-7-8-13)27-18-11-19(24(25)26)29-22(17)18/h4-6,9,13,24H,7-8,10-11H2,1-3H3,(H,27,28). The molecular formula is C24H24F2N6O2. The molecule has 0 atom stereocenters. The normalized spacial score (nSPS) is 14.8. The van der Waals surface area contributed by atoms with Crippen LogP contribution in [-0.2, 0) is 24.7 Å². The van der Waals surface area contributed by atoms with Crippen molar-refractivity contribution < 1.29 is 18.3 Å². The lowest BCUT2D eigenvalue weighted by Crippen LogP contribution is -2.11. The summed E-state index contributed by atoms with van der Waals surface area (Å²) in [6, 6.07) is 7.27. The van der Waals surface area contributed by atoms with Gasteiger partial charge in [0.05, 0.1) is 41.3 Å². The number of hydrogen-bond acceptors (Lipinski definition) is 7. The Morgan fingerprint density at radius 2 is 2.06 bits per heavy atom. The molecule has 1 aliphatic heterocycles. The van der Waals surface area contributed by atoms with Crippen molar-refractivity contribution >= 4 is 28.6 Å². The van der Waals surface area contributed by atoms with Crippen LogP contribution < -0.4 is 10.1 Å². The molecule has 2 aromatic heterocycles. The molecule has 0 spiro atoms. The minimum atomic E-state index is -2.67. The number of carbonyl (C=O) groups is 1. The predicted octanol–water partition coefficient (Wildman–Crippen LogP) is 4.35. The number of aromatic nitrogens is 4. The van der Waals surface area contributed by atoms with Crippen LogP contribution in [0.4, 0.5) is 25.8 Å². The molecule has 3 heterocycles. The molecule has 1 saturated carbocycles. The fourth-order valence-electron chi connectivity index (χ4n) is 4.23. The van der Waals surface area contributed by atoms with Gasteiger partial charge in [-0.15, -0.1) is 0 Å². The Morgan fingerprint density at radius 1 is 1.26 bits per heavy atom. The quantitative estimate of drug-likeness (QED) is 0.530. The first-order valence-electron chi connectivity index (χ1n) is 11.1. The zero-order valence-electron chi connectivity index (χ0n) is 19.1. The first-order chi connectivity index (χ1) is 16.3. The lowest BCUT2D eigenvalue weighted by atomic mass is 10.1. The molecule has 2 aliphatic rings. The van der Waals surface area contributed by atoms with Gasteiger partial charge >= 0.3 is 0 Å². The Labute approximate surface area is 195 Å². The molecule has 1 N–H and O–H groups in total. The third-order valence-electron chi connectivity index (χ3n) is 5.99. The smallest absolute Gasteiger partial charge is 0.277 e. The number of benzene rings is 1. The van der Waals surface area contributed by atoms with Crippen molar-refractivity contribution in [3.05, 3.63) is 41.3 Å². The van der Waals surface area contributed by atoms with Gasteiger partial charge < -0.3 is 10.1 Å². The van der Waals surface area contributed by atoms with Crippen LogP contribution in [0.3, 0.4) is 0 Å². The number of fused-ring (bicyclic) bond motifs is 1. The Balaban J connectivity index is 1.56. The van der Waals surface area contributed by atoms with Gasteiger partial charge in [-0.1, -0.05) is 6.07 Å². The van der Waals surface area contributed by atoms with E-state index in [1.165, 1.54) is 4.80 Å². The second-order valence-electron chi connectivity index (χ2n) is 8.59. The molecule has 8 nitrogen and oxygen atoms in total. The van der Waals surface area contributed by atoms with Gasteiger partial charge in [0.1, 0.15) is 17.2 Å². The number of hydrogen-bond donors (Lipinski definition) is 1. The third-order valence-corrected chi connectivity index (χ3v) is 5.99. The molecule has 10 heteroatoms. The summed E-state index contributed by atoms with van der Waals surface area (Å²) in [5.74, 6) is 0.749. The van der Waals surface area contributed by atoms with Crippen LogP contribution in [-0.4, -0.2) is 45.0 Å². The topological polar surface area (TPSA) is 94.3 Å². The molecule has 1 aliphatic carbocycles. The maximum atomic E-state index is 13.4. The molecule has 34 heavy (non-hydrogen) atoms. The highest BCUT2D eigenvalue weighted by Gasteiger charge is 2.31. The molecule has 3 aromatic rings. The van der Waals surface area contributed by atoms with Gasteiger partial charge in [-0.05, 0) is 38.0 Å². The molecule has 1 aromatic carbocycles. The van der Waals surface area contributed by atoms with E-state index < -0.39 is 6.43 Å². The number of para-hydroxylation sites is 1. The van der Waals surface area contributed by atoms with E-state index in [0.29, 0.717) is 39.9 Å². The second-order valence-corrected chi connectivity index (χ2v) is 8.59. The van der Waals surface area contributed by atoms with Crippen LogP contribution >= 0.6 is 0 Å². The minimum Gasteiger partial charge on any atom is -0.494 e. The fourth-order valence-corrected chi connectivity index (χ4v) is 4.23. The number of ketones is 1. The van der Waals surface area contributed by atoms with E-state index in [2.05, 4.69) is 25.5 Å². The van der Waals surface area contributed by atoms with Gasteiger partial charge in [0.2, 0.25) is 0 Å². The van der Waals surface area contributed by atoms with Crippen molar-refractivity contribution in [1.82, 2.24) is 20.0 Å². The van der Waals surface area contributed by atoms with E-state index in [4.69, 9.17) is 4.74 Å². The van der Waals surface area contributed by atoms with Crippen LogP contribution in [0.15, 0.2) is 29.3 Å². The van der Waals surface area contributed by atoms with Crippen molar-refractivity contribution in [3.63, 3.8) is 0 Å². The maximum absolute atomic E-state index is 13.4. The van der Waals surface area contributed by atoms with E-state index in [1.54, 1.807) is 20.2 Å². The number of nitrogens with zero attached hydrogens (tertiary/aromatic N) is 5. The van der Waals surface area contributed by atoms with Crippen molar-refractivity contribution in [2.75, 3.05) is 12.4 Å². The summed E-state index contributed by atoms with van der Waals surface area (Å²) in [6.45, 7) is 1.86. The van der Waals surface area contributed by atoms with Crippen molar-refractivity contribution in [1.29, 1.82) is 0 Å². The van der Waals surface area contributed by atoms with Gasteiger partial charge in [-0.3, -0.25) is 9.78 Å². The average molecular weight is 466 g/mol. The first kappa shape index (κ1) is 22.1. The van der Waals surface area contributed by atoms with Crippen molar-refractivity contribution in [2.24, 2.45) is 18.0 Å². The van der Waals surface area contributed by atoms with Crippen LogP contribution in [0, 0.1) is 12.8 Å². The van der Waals surface area contributed by atoms with Crippen LogP contribution in [0.2, 0.25) is 0 Å². The number of ether oxygens (including phenoxy) is 1. The third kappa shape index (κ3) is 4.15. The molecule has 1 fully saturated rings. The van der Waals surface area contributed by atoms with Gasteiger partial charge in [-0.25, -0.2) is 13.8 Å². The van der Waals surface area contributed by atoms with E-state index in [0.717, 1.165) is 24.1 Å². The minimum absolute atomic E-state index is 0.0386. The van der Waals surface area contributed by atoms with Gasteiger partial charge in [0, 0.05) is 31.4 Å². The number of pyridine rings is 1. The molecule has 5 rings (SSSR count). The Bertz CT molecular complexity index is 1310. The van der Waals surface area contributed by atoms with Gasteiger partial charge in [0.25, 0.3) is 6.43 Å². The summed E-state index contributed by atoms with van der Waals surface area (Å²) in [7, 11) is 3.30. The number of aryl methyl sites for hydroxylation is 2. The van der Waals surface area contributed by atoms with E-state index in [9.17, 15) is 13.6 Å². The molecule has 0 bridgehead atoms. The summed E-state index contributed by atoms with van der Waals surface area (Å²) < 4.78 is 32.6. The molecule has 0 radical (unpaired) electrons. The van der Waals surface area contributed by atoms with E-state index >= 15 is 0 Å². The number of Topliss-reactive ketones (excluding diaryl/α,β-unsaturated/α-hetero) is 1. The van der Waals surface area contributed by atoms with Crippen LogP contribution in [0.5, 0.6) is 5.75 Å². The summed E-state index contributed by atoms with van der Waals surface area (Å²) in [5, 5.41) is 12.0. The molecule has 0 unspecified atom stereocenters. The van der Waals surface area contributed by atoms with Crippen molar-refractivity contribution in [3.8, 4) is 17.0 Å². The molecule has 0 saturated heterocycles. The number of alkyl halides is 2. The lowest BCUT2D eigenvalue weighted by molar-refractivity contribution is -0.119. The Morgan fingerprint density at radius 3 is 2.71 bits per heavy atom. The zero-order chi connectivity index (χ0) is 24.0. The highest BCUT2D eigenvalue weighted by Crippen LogP contribution is 2.42. The van der Waals surface area contributed by atoms with Gasteiger partial charge in [0.15, 0.2) is 5.75 Å². The number of methoxy groups -OCH3 is 1. The maximum Gasteiger partial charge on any atom is 0.277 e. The highest BCUT2D eigenvalue weighted by molar-refractivity contribution is 5.99. The van der Waals surface area contributed by atoms with E-state index in [1.807, 2.05) is 25.1 Å². The van der Waals surface area contributed by atoms with Crippen LogP contribution in [0.25, 0.3) is 11.3 Å². The number of anilines is 2. The molecule has 176 valence electrons. The number of carbonyl (C=O) groups excluding carboxylic acids is 1. The number of aliphatic imine (C=N–C) groups is 1. The SMILES string of the molecule is COc1c(Nc2cc(CC(=O)C3CC3)nc3c2N=C(C(F)F)C3)cccc1-c1nn(C)nc1C. The molecular weight excluding hydrogens is 442 g/mol. The first-order valence-corrected chi connectivity index (χ1v) is 11.1. The number of nitrogens with one attached hydrogen (secondary N) is 1. The summed E-state index contributed by atoms with van der Waals surface area (Å²) in [5.41, 5.74) is 4.40. The average Bonchev–Trinajstić information content (AvgIpc) is 3.47. The predicted molar refractivity (Wildman–Crippen MR) is 123 cm³/mol. The monoisotopic (exact) mass is 466 g/mol. The van der Waals surface area contributed by atoms with Crippen LogP contribution in [0.1, 0.15) is 29.9 Å². The Kier molecular flexibility index (Phi) is 5.59. The number of halogens is 2. The Hall–Kier alpha value is -3.69. The molecule has 0 amide bonds.